The van der Waals surface area contributed by atoms with Gasteiger partial charge in [0.15, 0.2) is 6.10 Å². The van der Waals surface area contributed by atoms with E-state index in [4.69, 9.17) is 14.2 Å². The first kappa shape index (κ1) is 76.3. The molecule has 0 saturated heterocycles. The highest BCUT2D eigenvalue weighted by Gasteiger charge is 2.19. The molecule has 81 heavy (non-hydrogen) atoms. The predicted octanol–water partition coefficient (Wildman–Crippen LogP) is 23.1. The van der Waals surface area contributed by atoms with Gasteiger partial charge in [-0.1, -0.05) is 321 Å². The van der Waals surface area contributed by atoms with Crippen molar-refractivity contribution in [3.05, 3.63) is 146 Å². The van der Waals surface area contributed by atoms with Crippen LogP contribution < -0.4 is 0 Å². The number of unbranched alkanes of at least 4 members (excludes halogenated alkanes) is 24. The summed E-state index contributed by atoms with van der Waals surface area (Å²) in [5.41, 5.74) is 0. The molecule has 0 heterocycles. The van der Waals surface area contributed by atoms with E-state index in [9.17, 15) is 14.4 Å². The fourth-order valence-electron chi connectivity index (χ4n) is 8.97. The van der Waals surface area contributed by atoms with Crippen molar-refractivity contribution < 1.29 is 28.6 Å². The van der Waals surface area contributed by atoms with E-state index in [-0.39, 0.29) is 38.0 Å². The average molecular weight is 1120 g/mol. The zero-order valence-corrected chi connectivity index (χ0v) is 52.5. The summed E-state index contributed by atoms with van der Waals surface area (Å²) >= 11 is 0. The summed E-state index contributed by atoms with van der Waals surface area (Å²) in [4.78, 5) is 38.3. The lowest BCUT2D eigenvalue weighted by molar-refractivity contribution is -0.166. The number of allylic oxidation sites excluding steroid dienone is 24. The second-order valence-corrected chi connectivity index (χ2v) is 21.6. The maximum Gasteiger partial charge on any atom is 0.306 e. The van der Waals surface area contributed by atoms with E-state index in [1.54, 1.807) is 0 Å². The van der Waals surface area contributed by atoms with Crippen molar-refractivity contribution in [1.29, 1.82) is 0 Å². The van der Waals surface area contributed by atoms with Crippen LogP contribution >= 0.6 is 0 Å². The molecule has 0 aliphatic rings. The third-order valence-electron chi connectivity index (χ3n) is 13.9. The van der Waals surface area contributed by atoms with E-state index in [0.717, 1.165) is 96.3 Å². The van der Waals surface area contributed by atoms with Crippen LogP contribution in [-0.4, -0.2) is 37.2 Å². The molecule has 0 N–H and O–H groups in total. The summed E-state index contributed by atoms with van der Waals surface area (Å²) in [7, 11) is 0. The van der Waals surface area contributed by atoms with Gasteiger partial charge in [0.2, 0.25) is 0 Å². The molecule has 6 nitrogen and oxygen atoms in total. The number of esters is 3. The van der Waals surface area contributed by atoms with E-state index in [0.29, 0.717) is 19.3 Å². The number of carbonyl (C=O) groups is 3. The number of hydrogen-bond acceptors (Lipinski definition) is 6. The summed E-state index contributed by atoms with van der Waals surface area (Å²) in [6.45, 7) is 6.31. The summed E-state index contributed by atoms with van der Waals surface area (Å²) < 4.78 is 16.8. The smallest absolute Gasteiger partial charge is 0.306 e. The molecule has 0 aromatic heterocycles. The Hall–Kier alpha value is -4.71. The molecule has 458 valence electrons. The Balaban J connectivity index is 4.51. The highest BCUT2D eigenvalue weighted by molar-refractivity contribution is 5.71. The molecular formula is C75H122O6. The lowest BCUT2D eigenvalue weighted by Crippen LogP contribution is -2.30. The fraction of sp³-hybridized carbons (Fsp3) is 0.640. The van der Waals surface area contributed by atoms with Crippen LogP contribution in [0.5, 0.6) is 0 Å². The minimum absolute atomic E-state index is 0.135. The first-order valence-corrected chi connectivity index (χ1v) is 33.3. The van der Waals surface area contributed by atoms with Gasteiger partial charge in [0, 0.05) is 19.3 Å². The van der Waals surface area contributed by atoms with Gasteiger partial charge in [0.05, 0.1) is 0 Å². The lowest BCUT2D eigenvalue weighted by atomic mass is 10.0. The van der Waals surface area contributed by atoms with Crippen molar-refractivity contribution in [1.82, 2.24) is 0 Å². The normalized spacial score (nSPS) is 13.1. The Morgan fingerprint density at radius 1 is 0.259 bits per heavy atom. The summed E-state index contributed by atoms with van der Waals surface area (Å²) in [6.07, 6.45) is 97.5. The van der Waals surface area contributed by atoms with Crippen LogP contribution in [0.15, 0.2) is 146 Å². The molecule has 6 heteroatoms. The van der Waals surface area contributed by atoms with E-state index in [1.807, 2.05) is 24.3 Å². The first-order chi connectivity index (χ1) is 40.0. The van der Waals surface area contributed by atoms with Crippen molar-refractivity contribution >= 4 is 17.9 Å². The number of carbonyl (C=O) groups excluding carboxylic acids is 3. The summed E-state index contributed by atoms with van der Waals surface area (Å²) in [6, 6.07) is 0. The summed E-state index contributed by atoms with van der Waals surface area (Å²) in [5, 5.41) is 0. The van der Waals surface area contributed by atoms with Crippen LogP contribution in [0.3, 0.4) is 0 Å². The molecule has 1 atom stereocenters. The van der Waals surface area contributed by atoms with Gasteiger partial charge < -0.3 is 14.2 Å². The van der Waals surface area contributed by atoms with Crippen LogP contribution in [0.1, 0.15) is 290 Å². The van der Waals surface area contributed by atoms with E-state index >= 15 is 0 Å². The maximum atomic E-state index is 12.9. The first-order valence-electron chi connectivity index (χ1n) is 33.3. The van der Waals surface area contributed by atoms with Crippen molar-refractivity contribution in [2.75, 3.05) is 13.2 Å². The Morgan fingerprint density at radius 3 is 0.753 bits per heavy atom. The zero-order chi connectivity index (χ0) is 58.5. The van der Waals surface area contributed by atoms with Gasteiger partial charge in [-0.25, -0.2) is 0 Å². The van der Waals surface area contributed by atoms with Gasteiger partial charge in [0.25, 0.3) is 0 Å². The van der Waals surface area contributed by atoms with Gasteiger partial charge in [-0.15, -0.1) is 0 Å². The van der Waals surface area contributed by atoms with Crippen molar-refractivity contribution in [3.8, 4) is 0 Å². The standard InChI is InChI=1S/C75H122O6/c1-4-7-10-13-16-19-22-25-28-31-34-35-36-37-38-39-42-44-47-50-53-56-59-62-65-68-74(77)80-71-72(81-75(78)69-66-63-60-57-54-51-48-45-41-33-30-27-24-21-18-15-12-9-6-3)70-79-73(76)67-64-61-58-55-52-49-46-43-40-32-29-26-23-20-17-14-11-8-5-2/h8-9,11-12,17-18,20-21,26-27,29-30,40-41,43,45,49,51-52,54,58,60-61,63,72H,4-7,10,13-16,19,22-25,28,31-39,42,44,46-48,50,53,55-57,59,62,64-71H2,1-3H3/b11-8-,12-9-,20-17-,21-18-,29-26-,30-27-,43-40-,45-41-,52-49-,54-51-,61-58-,63-60-. The lowest BCUT2D eigenvalue weighted by Gasteiger charge is -2.18. The predicted molar refractivity (Wildman–Crippen MR) is 352 cm³/mol. The van der Waals surface area contributed by atoms with Crippen LogP contribution in [0.25, 0.3) is 0 Å². The van der Waals surface area contributed by atoms with Gasteiger partial charge in [-0.3, -0.25) is 14.4 Å². The second-order valence-electron chi connectivity index (χ2n) is 21.6. The molecule has 0 bridgehead atoms. The average Bonchev–Trinajstić information content (AvgIpc) is 3.47. The summed E-state index contributed by atoms with van der Waals surface area (Å²) in [5.74, 6) is -1.10. The van der Waals surface area contributed by atoms with Crippen LogP contribution in [0.4, 0.5) is 0 Å². The molecule has 0 aliphatic heterocycles. The van der Waals surface area contributed by atoms with Crippen molar-refractivity contribution in [3.63, 3.8) is 0 Å². The highest BCUT2D eigenvalue weighted by atomic mass is 16.6. The van der Waals surface area contributed by atoms with E-state index in [1.165, 1.54) is 141 Å². The van der Waals surface area contributed by atoms with Crippen LogP contribution in [0.2, 0.25) is 0 Å². The second kappa shape index (κ2) is 67.8. The van der Waals surface area contributed by atoms with Crippen molar-refractivity contribution in [2.24, 2.45) is 0 Å². The van der Waals surface area contributed by atoms with Gasteiger partial charge in [-0.2, -0.15) is 0 Å². The molecule has 1 unspecified atom stereocenters. The quantitative estimate of drug-likeness (QED) is 0.0261. The number of ether oxygens (including phenoxy) is 3. The molecular weight excluding hydrogens is 997 g/mol. The maximum absolute atomic E-state index is 12.9. The molecule has 0 fully saturated rings. The fourth-order valence-corrected chi connectivity index (χ4v) is 8.97. The van der Waals surface area contributed by atoms with Gasteiger partial charge in [-0.05, 0) is 96.3 Å². The third kappa shape index (κ3) is 66.0. The van der Waals surface area contributed by atoms with Gasteiger partial charge in [0.1, 0.15) is 13.2 Å². The Labute approximate surface area is 499 Å². The molecule has 0 saturated carbocycles. The Kier molecular flexibility index (Phi) is 63.9. The largest absolute Gasteiger partial charge is 0.462 e. The minimum atomic E-state index is -0.856. The molecule has 0 radical (unpaired) electrons. The zero-order valence-electron chi connectivity index (χ0n) is 52.5. The minimum Gasteiger partial charge on any atom is -0.462 e. The Bertz CT molecular complexity index is 1760. The van der Waals surface area contributed by atoms with Crippen molar-refractivity contribution in [2.45, 2.75) is 297 Å². The van der Waals surface area contributed by atoms with Gasteiger partial charge >= 0.3 is 17.9 Å². The number of rotatable bonds is 59. The molecule has 0 rings (SSSR count). The topological polar surface area (TPSA) is 78.9 Å². The SMILES string of the molecule is CC/C=C\C/C=C\C/C=C\C/C=C\C/C=C\C/C=C\CCC(=O)OCC(COC(=O)CCCCCCCCCCCCCCCCCCCCCCCCCCC)OC(=O)CC/C=C\C/C=C\C/C=C\C/C=C\C/C=C\C/C=C\CC. The molecule has 0 aromatic rings. The monoisotopic (exact) mass is 1120 g/mol. The van der Waals surface area contributed by atoms with Crippen LogP contribution in [0, 0.1) is 0 Å². The highest BCUT2D eigenvalue weighted by Crippen LogP contribution is 2.17. The number of hydrogen-bond donors (Lipinski definition) is 0. The molecule has 0 spiro atoms. The molecule has 0 aliphatic carbocycles. The Morgan fingerprint density at radius 2 is 0.481 bits per heavy atom. The molecule has 0 amide bonds. The van der Waals surface area contributed by atoms with E-state index in [2.05, 4.69) is 142 Å². The molecule has 0 aromatic carbocycles. The van der Waals surface area contributed by atoms with Crippen LogP contribution in [-0.2, 0) is 28.6 Å². The van der Waals surface area contributed by atoms with E-state index < -0.39 is 12.1 Å². The third-order valence-corrected chi connectivity index (χ3v) is 13.9.